The van der Waals surface area contributed by atoms with E-state index in [9.17, 15) is 9.59 Å². The summed E-state index contributed by atoms with van der Waals surface area (Å²) in [7, 11) is 2.89. The molecule has 4 aliphatic rings. The number of aryl methyl sites for hydroxylation is 2. The summed E-state index contributed by atoms with van der Waals surface area (Å²) >= 11 is 21.2. The molecule has 2 saturated heterocycles. The Hall–Kier alpha value is -3.73. The number of rotatable bonds is 6. The van der Waals surface area contributed by atoms with E-state index in [-0.39, 0.29) is 11.9 Å². The van der Waals surface area contributed by atoms with Crippen LogP contribution in [0.15, 0.2) is 58.5 Å². The number of aliphatic imine (C=N–C) groups is 2. The van der Waals surface area contributed by atoms with Gasteiger partial charge in [0.15, 0.2) is 21.6 Å². The van der Waals surface area contributed by atoms with Crippen molar-refractivity contribution in [2.45, 2.75) is 41.5 Å². The Morgan fingerprint density at radius 2 is 1.15 bits per heavy atom. The van der Waals surface area contributed by atoms with Crippen LogP contribution in [0, 0.1) is 24.7 Å². The van der Waals surface area contributed by atoms with Gasteiger partial charge in [0.25, 0.3) is 0 Å². The Bertz CT molecular complexity index is 2280. The van der Waals surface area contributed by atoms with Crippen molar-refractivity contribution in [3.05, 3.63) is 79.5 Å². The third-order valence-corrected chi connectivity index (χ3v) is 13.0. The van der Waals surface area contributed by atoms with Crippen molar-refractivity contribution >= 4 is 91.8 Å². The molecular weight excluding hydrogens is 879 g/mol. The fourth-order valence-corrected chi connectivity index (χ4v) is 9.72. The second-order valence-corrected chi connectivity index (χ2v) is 20.2. The maximum atomic E-state index is 12.0. The van der Waals surface area contributed by atoms with Crippen molar-refractivity contribution in [2.24, 2.45) is 20.8 Å². The number of nitrogens with zero attached hydrogens (tertiary/aromatic N) is 5. The van der Waals surface area contributed by atoms with Gasteiger partial charge in [-0.15, -0.1) is 0 Å². The molecule has 0 atom stereocenters. The summed E-state index contributed by atoms with van der Waals surface area (Å²) in [6.07, 6.45) is 0. The van der Waals surface area contributed by atoms with Gasteiger partial charge in [-0.25, -0.2) is 9.98 Å². The fraction of sp³-hybridized carbons (Fsp3) is 0.455. The Balaban J connectivity index is 0.000000169. The highest BCUT2D eigenvalue weighted by Gasteiger charge is 2.34. The van der Waals surface area contributed by atoms with Crippen LogP contribution in [0.4, 0.5) is 11.4 Å². The third-order valence-electron chi connectivity index (χ3n) is 10.5. The van der Waals surface area contributed by atoms with E-state index >= 15 is 0 Å². The number of carbonyl (C=O) groups excluding carboxylic acids is 2. The molecule has 61 heavy (non-hydrogen) atoms. The summed E-state index contributed by atoms with van der Waals surface area (Å²) in [5.41, 5.74) is 4.54. The molecule has 8 rings (SSSR count). The van der Waals surface area contributed by atoms with Gasteiger partial charge in [-0.3, -0.25) is 19.4 Å². The summed E-state index contributed by atoms with van der Waals surface area (Å²) < 4.78 is 23.0. The molecule has 2 aromatic carbocycles. The Morgan fingerprint density at radius 1 is 0.689 bits per heavy atom. The lowest BCUT2D eigenvalue weighted by Gasteiger charge is -2.39. The zero-order chi connectivity index (χ0) is 44.1. The van der Waals surface area contributed by atoms with Crippen LogP contribution in [0.5, 0.6) is 21.6 Å². The first-order valence-corrected chi connectivity index (χ1v) is 22.8. The van der Waals surface area contributed by atoms with Gasteiger partial charge in [0.1, 0.15) is 22.4 Å². The second-order valence-electron chi connectivity index (χ2n) is 16.5. The monoisotopic (exact) mass is 930 g/mol. The van der Waals surface area contributed by atoms with Crippen LogP contribution in [0.2, 0.25) is 8.67 Å². The standard InChI is InChI=1S/C22H26ClN3O3S.C12H7Cl2NOS.C10H20N2O2/c1-14-5-6-16-17(11-14)29-20-15(12-18(23)30-20)19(24-16)26-9-7-25(8-10-26)13-22(2,3)21(27)28-4;1-6-2-3-8-9(4-6)16-12-7(11(14)15-8)5-10(13)17-12;1-10(2,9(13)14-3)8-12-6-4-11-5-7-12/h5-6,11-12H,7-10,13H2,1-4H3;2-5H,1H3;11H,4-8H2,1-3H3. The predicted octanol–water partition coefficient (Wildman–Crippen LogP) is 9.93. The molecule has 0 aliphatic carbocycles. The van der Waals surface area contributed by atoms with Crippen molar-refractivity contribution in [1.82, 2.24) is 20.0 Å². The van der Waals surface area contributed by atoms with Gasteiger partial charge >= 0.3 is 11.9 Å². The van der Waals surface area contributed by atoms with Crippen molar-refractivity contribution < 1.29 is 28.5 Å². The topological polar surface area (TPSA) is 118 Å². The number of fused-ring (bicyclic) bond motifs is 4. The third kappa shape index (κ3) is 11.8. The average molecular weight is 932 g/mol. The molecule has 0 bridgehead atoms. The van der Waals surface area contributed by atoms with E-state index in [0.29, 0.717) is 31.2 Å². The van der Waals surface area contributed by atoms with E-state index in [1.807, 2.05) is 84.0 Å². The van der Waals surface area contributed by atoms with Crippen LogP contribution in [-0.2, 0) is 19.1 Å². The van der Waals surface area contributed by atoms with Crippen molar-refractivity contribution in [3.63, 3.8) is 0 Å². The van der Waals surface area contributed by atoms with Crippen LogP contribution in [-0.4, -0.2) is 117 Å². The number of benzene rings is 2. The molecule has 4 aromatic rings. The molecule has 2 aromatic heterocycles. The maximum absolute atomic E-state index is 12.0. The highest BCUT2D eigenvalue weighted by Crippen LogP contribution is 2.45. The number of ether oxygens (including phenoxy) is 4. The first-order valence-electron chi connectivity index (χ1n) is 20.0. The van der Waals surface area contributed by atoms with Crippen molar-refractivity contribution in [1.29, 1.82) is 0 Å². The number of carbonyl (C=O) groups is 2. The molecule has 2 fully saturated rings. The SMILES string of the molecule is COC(=O)C(C)(C)CN1CCN(C2=Nc3ccc(C)cc3Oc3sc(Cl)cc32)CC1.COC(=O)C(C)(C)CN1CCNCC1.Cc1ccc2c(c1)Oc1sc(Cl)cc1C(Cl)=N2. The van der Waals surface area contributed by atoms with Gasteiger partial charge < -0.3 is 29.2 Å². The van der Waals surface area contributed by atoms with Crippen LogP contribution < -0.4 is 14.8 Å². The number of hydrogen-bond donors (Lipinski definition) is 1. The summed E-state index contributed by atoms with van der Waals surface area (Å²) in [6, 6.07) is 15.6. The van der Waals surface area contributed by atoms with E-state index in [0.717, 1.165) is 109 Å². The first-order chi connectivity index (χ1) is 29.0. The highest BCUT2D eigenvalue weighted by molar-refractivity contribution is 7.18. The normalized spacial score (nSPS) is 16.4. The van der Waals surface area contributed by atoms with E-state index in [1.165, 1.54) is 36.9 Å². The minimum atomic E-state index is -0.532. The van der Waals surface area contributed by atoms with Gasteiger partial charge in [-0.1, -0.05) is 69.6 Å². The van der Waals surface area contributed by atoms with Gasteiger partial charge in [-0.05, 0) is 89.1 Å². The number of esters is 2. The number of methoxy groups -OCH3 is 2. The summed E-state index contributed by atoms with van der Waals surface area (Å²) in [5, 5.41) is 5.16. The van der Waals surface area contributed by atoms with Crippen molar-refractivity contribution in [3.8, 4) is 21.6 Å². The van der Waals surface area contributed by atoms with Crippen LogP contribution in [0.3, 0.4) is 0 Å². The average Bonchev–Trinajstić information content (AvgIpc) is 3.70. The Kier molecular flexibility index (Phi) is 15.5. The summed E-state index contributed by atoms with van der Waals surface area (Å²) in [4.78, 5) is 39.7. The Morgan fingerprint density at radius 3 is 1.66 bits per heavy atom. The summed E-state index contributed by atoms with van der Waals surface area (Å²) in [5.74, 6) is 2.04. The number of hydrogen-bond acceptors (Lipinski definition) is 14. The maximum Gasteiger partial charge on any atom is 0.312 e. The molecule has 0 radical (unpaired) electrons. The molecule has 17 heteroatoms. The molecule has 0 unspecified atom stereocenters. The zero-order valence-electron chi connectivity index (χ0n) is 35.8. The van der Waals surface area contributed by atoms with Gasteiger partial charge in [0.2, 0.25) is 0 Å². The summed E-state index contributed by atoms with van der Waals surface area (Å²) in [6.45, 7) is 20.6. The van der Waals surface area contributed by atoms with Crippen molar-refractivity contribution in [2.75, 3.05) is 79.7 Å². The van der Waals surface area contributed by atoms with Gasteiger partial charge in [0.05, 0.1) is 44.8 Å². The zero-order valence-corrected chi connectivity index (χ0v) is 39.7. The predicted molar refractivity (Wildman–Crippen MR) is 248 cm³/mol. The highest BCUT2D eigenvalue weighted by atomic mass is 35.5. The molecule has 4 aliphatic heterocycles. The van der Waals surface area contributed by atoms with E-state index < -0.39 is 10.8 Å². The lowest BCUT2D eigenvalue weighted by atomic mass is 9.92. The fourth-order valence-electron chi connectivity index (χ4n) is 7.30. The smallest absolute Gasteiger partial charge is 0.312 e. The van der Waals surface area contributed by atoms with E-state index in [4.69, 9.17) is 58.7 Å². The van der Waals surface area contributed by atoms with Gasteiger partial charge in [0, 0.05) is 65.4 Å². The number of halogens is 3. The molecule has 0 saturated carbocycles. The molecule has 0 spiro atoms. The minimum Gasteiger partial charge on any atom is -0.469 e. The molecule has 12 nitrogen and oxygen atoms in total. The second kappa shape index (κ2) is 20.2. The Labute approximate surface area is 381 Å². The molecule has 0 amide bonds. The quantitative estimate of drug-likeness (QED) is 0.187. The first kappa shape index (κ1) is 46.8. The van der Waals surface area contributed by atoms with E-state index in [1.54, 1.807) is 6.07 Å². The largest absolute Gasteiger partial charge is 0.469 e. The van der Waals surface area contributed by atoms with Crippen LogP contribution in [0.1, 0.15) is 49.9 Å². The van der Waals surface area contributed by atoms with Gasteiger partial charge in [-0.2, -0.15) is 0 Å². The number of thiophene rings is 2. The number of piperazine rings is 2. The molecular formula is C44H53Cl3N6O6S2. The number of nitrogens with one attached hydrogen (secondary N) is 1. The molecule has 328 valence electrons. The lowest BCUT2D eigenvalue weighted by molar-refractivity contribution is -0.152. The van der Waals surface area contributed by atoms with Crippen LogP contribution >= 0.6 is 57.5 Å². The molecule has 6 heterocycles. The number of amidine groups is 1. The molecule has 1 N–H and O–H groups in total. The van der Waals surface area contributed by atoms with Crippen LogP contribution in [0.25, 0.3) is 0 Å². The lowest BCUT2D eigenvalue weighted by Crippen LogP contribution is -2.52. The minimum absolute atomic E-state index is 0.129. The van der Waals surface area contributed by atoms with E-state index in [2.05, 4.69) is 25.0 Å².